The number of nitriles is 2. The number of pyridine rings is 1. The molecule has 2 aliphatic heterocycles. The summed E-state index contributed by atoms with van der Waals surface area (Å²) in [6.45, 7) is 0. The highest BCUT2D eigenvalue weighted by atomic mass is 16.3. The van der Waals surface area contributed by atoms with Gasteiger partial charge in [0.25, 0.3) is 0 Å². The monoisotopic (exact) mass is 367 g/mol. The number of rotatable bonds is 2. The Bertz CT molecular complexity index is 1180. The molecule has 2 aromatic heterocycles. The van der Waals surface area contributed by atoms with Gasteiger partial charge < -0.3 is 15.5 Å². The van der Waals surface area contributed by atoms with Gasteiger partial charge in [0, 0.05) is 40.9 Å². The average molecular weight is 367 g/mol. The molecule has 136 valence electrons. The molecule has 0 saturated carbocycles. The molecule has 2 atom stereocenters. The molecule has 6 heteroatoms. The molecule has 1 fully saturated rings. The number of hydrogen-bond acceptors (Lipinski definition) is 6. The molecule has 2 aliphatic rings. The van der Waals surface area contributed by atoms with Gasteiger partial charge in [0.05, 0.1) is 11.6 Å². The Kier molecular flexibility index (Phi) is 3.68. The number of fused-ring (bicyclic) bond motifs is 4. The number of nitrogens with one attached hydrogen (secondary N) is 1. The third kappa shape index (κ3) is 2.40. The van der Waals surface area contributed by atoms with Crippen LogP contribution in [-0.4, -0.2) is 11.0 Å². The number of nitrogens with zero attached hydrogens (tertiary/aromatic N) is 3. The van der Waals surface area contributed by atoms with E-state index in [1.807, 2.05) is 30.3 Å². The van der Waals surface area contributed by atoms with Gasteiger partial charge >= 0.3 is 0 Å². The fourth-order valence-corrected chi connectivity index (χ4v) is 4.42. The van der Waals surface area contributed by atoms with E-state index in [9.17, 15) is 10.5 Å². The molecule has 28 heavy (non-hydrogen) atoms. The predicted molar refractivity (Wildman–Crippen MR) is 104 cm³/mol. The Labute approximate surface area is 162 Å². The van der Waals surface area contributed by atoms with Crippen LogP contribution in [0.2, 0.25) is 0 Å². The summed E-state index contributed by atoms with van der Waals surface area (Å²) >= 11 is 0. The number of benzene rings is 1. The zero-order valence-corrected chi connectivity index (χ0v) is 15.1. The van der Waals surface area contributed by atoms with Crippen molar-refractivity contribution in [2.24, 2.45) is 0 Å². The van der Waals surface area contributed by atoms with Crippen LogP contribution in [0.15, 0.2) is 40.8 Å². The second-order valence-electron chi connectivity index (χ2n) is 7.24. The second kappa shape index (κ2) is 6.23. The summed E-state index contributed by atoms with van der Waals surface area (Å²) in [7, 11) is 0. The maximum Gasteiger partial charge on any atom is 0.142 e. The van der Waals surface area contributed by atoms with Gasteiger partial charge in [0.2, 0.25) is 0 Å². The molecule has 1 saturated heterocycles. The fraction of sp³-hybridized carbons (Fsp3) is 0.227. The summed E-state index contributed by atoms with van der Waals surface area (Å²) in [6.07, 6.45) is 2.90. The van der Waals surface area contributed by atoms with Crippen molar-refractivity contribution in [3.63, 3.8) is 0 Å². The lowest BCUT2D eigenvalue weighted by Crippen LogP contribution is -2.33. The van der Waals surface area contributed by atoms with Crippen LogP contribution in [0.1, 0.15) is 41.3 Å². The van der Waals surface area contributed by atoms with Crippen LogP contribution in [0.25, 0.3) is 22.6 Å². The number of nitrogens with two attached hydrogens (primary N) is 1. The molecule has 0 aliphatic carbocycles. The van der Waals surface area contributed by atoms with E-state index in [1.165, 1.54) is 0 Å². The maximum atomic E-state index is 9.76. The topological polar surface area (TPSA) is 112 Å². The van der Waals surface area contributed by atoms with Crippen molar-refractivity contribution in [2.75, 3.05) is 5.73 Å². The highest BCUT2D eigenvalue weighted by Crippen LogP contribution is 2.44. The van der Waals surface area contributed by atoms with Crippen LogP contribution < -0.4 is 11.1 Å². The number of anilines is 1. The third-order valence-corrected chi connectivity index (χ3v) is 5.65. The van der Waals surface area contributed by atoms with E-state index in [1.54, 1.807) is 6.07 Å². The van der Waals surface area contributed by atoms with Crippen molar-refractivity contribution in [1.82, 2.24) is 10.3 Å². The van der Waals surface area contributed by atoms with E-state index in [0.29, 0.717) is 28.7 Å². The smallest absolute Gasteiger partial charge is 0.142 e. The van der Waals surface area contributed by atoms with Gasteiger partial charge in [0.1, 0.15) is 29.0 Å². The quantitative estimate of drug-likeness (QED) is 0.714. The van der Waals surface area contributed by atoms with Gasteiger partial charge in [-0.05, 0) is 37.1 Å². The highest BCUT2D eigenvalue weighted by Gasteiger charge is 2.37. The van der Waals surface area contributed by atoms with E-state index in [0.717, 1.165) is 41.6 Å². The zero-order chi connectivity index (χ0) is 19.3. The van der Waals surface area contributed by atoms with Crippen molar-refractivity contribution in [2.45, 2.75) is 31.3 Å². The molecule has 2 bridgehead atoms. The Morgan fingerprint density at radius 2 is 1.89 bits per heavy atom. The molecule has 0 amide bonds. The van der Waals surface area contributed by atoms with E-state index < -0.39 is 0 Å². The standard InChI is InChI=1S/C22H17N5O/c23-10-12-3-1-2-4-14(12)18-7-8-19(28-18)20-15(11-24)22(25)27-17-9-13-5-6-16(26-13)21(17)20/h1-4,7-8,13,16,26H,5-6,9H2,(H2,25,27)/t13-,16+/m1/s1. The molecule has 3 N–H and O–H groups in total. The first kappa shape index (κ1) is 16.6. The molecular weight excluding hydrogens is 350 g/mol. The molecule has 0 unspecified atom stereocenters. The van der Waals surface area contributed by atoms with Crippen molar-refractivity contribution in [1.29, 1.82) is 10.5 Å². The maximum absolute atomic E-state index is 9.76. The first-order valence-corrected chi connectivity index (χ1v) is 9.27. The average Bonchev–Trinajstić information content (AvgIpc) is 3.34. The van der Waals surface area contributed by atoms with Gasteiger partial charge in [0.15, 0.2) is 0 Å². The largest absolute Gasteiger partial charge is 0.456 e. The SMILES string of the molecule is N#Cc1ccccc1-c1ccc(-c2c(C#N)c(N)nc3c2[C@@H]2CC[C@H](C3)N2)o1. The summed E-state index contributed by atoms with van der Waals surface area (Å²) in [4.78, 5) is 4.53. The lowest BCUT2D eigenvalue weighted by atomic mass is 9.90. The Morgan fingerprint density at radius 1 is 1.07 bits per heavy atom. The van der Waals surface area contributed by atoms with Gasteiger partial charge in [-0.2, -0.15) is 10.5 Å². The number of furan rings is 1. The zero-order valence-electron chi connectivity index (χ0n) is 15.1. The number of nitrogen functional groups attached to an aromatic ring is 1. The Morgan fingerprint density at radius 3 is 2.71 bits per heavy atom. The lowest BCUT2D eigenvalue weighted by molar-refractivity contribution is 0.505. The Hall–Kier alpha value is -3.61. The van der Waals surface area contributed by atoms with Crippen LogP contribution in [0.4, 0.5) is 5.82 Å². The minimum Gasteiger partial charge on any atom is -0.456 e. The van der Waals surface area contributed by atoms with Gasteiger partial charge in [-0.1, -0.05) is 12.1 Å². The molecule has 5 rings (SSSR count). The van der Waals surface area contributed by atoms with Gasteiger partial charge in [-0.15, -0.1) is 0 Å². The van der Waals surface area contributed by atoms with E-state index in [2.05, 4.69) is 22.4 Å². The molecule has 0 spiro atoms. The first-order valence-electron chi connectivity index (χ1n) is 9.27. The predicted octanol–water partition coefficient (Wildman–Crippen LogP) is 3.68. The second-order valence-corrected chi connectivity index (χ2v) is 7.24. The van der Waals surface area contributed by atoms with Crippen molar-refractivity contribution in [3.8, 4) is 34.8 Å². The lowest BCUT2D eigenvalue weighted by Gasteiger charge is -2.26. The summed E-state index contributed by atoms with van der Waals surface area (Å²) in [5.74, 6) is 1.41. The highest BCUT2D eigenvalue weighted by molar-refractivity contribution is 5.79. The molecule has 6 nitrogen and oxygen atoms in total. The third-order valence-electron chi connectivity index (χ3n) is 5.65. The number of hydrogen-bond donors (Lipinski definition) is 2. The van der Waals surface area contributed by atoms with E-state index in [-0.39, 0.29) is 11.9 Å². The molecule has 0 radical (unpaired) electrons. The van der Waals surface area contributed by atoms with E-state index in [4.69, 9.17) is 10.2 Å². The molecular formula is C22H17N5O. The van der Waals surface area contributed by atoms with Crippen LogP contribution in [0.3, 0.4) is 0 Å². The minimum absolute atomic E-state index is 0.156. The summed E-state index contributed by atoms with van der Waals surface area (Å²) < 4.78 is 6.15. The van der Waals surface area contributed by atoms with Crippen molar-refractivity contribution < 1.29 is 4.42 Å². The fourth-order valence-electron chi connectivity index (χ4n) is 4.42. The normalized spacial score (nSPS) is 19.6. The van der Waals surface area contributed by atoms with Crippen LogP contribution in [-0.2, 0) is 6.42 Å². The minimum atomic E-state index is 0.156. The van der Waals surface area contributed by atoms with Gasteiger partial charge in [-0.3, -0.25) is 0 Å². The molecule has 1 aromatic carbocycles. The van der Waals surface area contributed by atoms with Crippen molar-refractivity contribution >= 4 is 5.82 Å². The van der Waals surface area contributed by atoms with Crippen LogP contribution in [0, 0.1) is 22.7 Å². The summed E-state index contributed by atoms with van der Waals surface area (Å²) in [6, 6.07) is 16.0. The Balaban J connectivity index is 1.71. The molecule has 3 aromatic rings. The first-order chi connectivity index (χ1) is 13.7. The van der Waals surface area contributed by atoms with Crippen LogP contribution >= 0.6 is 0 Å². The number of aromatic nitrogens is 1. The summed E-state index contributed by atoms with van der Waals surface area (Å²) in [5.41, 5.74) is 10.4. The van der Waals surface area contributed by atoms with Crippen molar-refractivity contribution in [3.05, 3.63) is 58.8 Å². The molecule has 4 heterocycles. The van der Waals surface area contributed by atoms with Gasteiger partial charge in [-0.25, -0.2) is 4.98 Å². The van der Waals surface area contributed by atoms with E-state index >= 15 is 0 Å². The van der Waals surface area contributed by atoms with Crippen LogP contribution in [0.5, 0.6) is 0 Å². The summed E-state index contributed by atoms with van der Waals surface area (Å²) in [5, 5.41) is 22.8.